The lowest BCUT2D eigenvalue weighted by Crippen LogP contribution is -2.49. The summed E-state index contributed by atoms with van der Waals surface area (Å²) < 4.78 is 27.8. The number of rotatable bonds is 7. The van der Waals surface area contributed by atoms with Gasteiger partial charge in [-0.3, -0.25) is 9.78 Å². The Bertz CT molecular complexity index is 1020. The van der Waals surface area contributed by atoms with Gasteiger partial charge in [-0.05, 0) is 37.1 Å². The molecule has 1 aliphatic rings. The molecule has 4 rings (SSSR count). The van der Waals surface area contributed by atoms with E-state index < -0.39 is 23.3 Å². The lowest BCUT2D eigenvalue weighted by molar-refractivity contribution is -0.117. The number of nitrogens with two attached hydrogens (primary N) is 1. The van der Waals surface area contributed by atoms with Gasteiger partial charge >= 0.3 is 0 Å². The van der Waals surface area contributed by atoms with E-state index >= 15 is 0 Å². The van der Waals surface area contributed by atoms with Gasteiger partial charge in [-0.25, -0.2) is 13.8 Å². The molecular formula is C19H18F2N6OS. The summed E-state index contributed by atoms with van der Waals surface area (Å²) in [5, 5.41) is 12.0. The van der Waals surface area contributed by atoms with Crippen molar-refractivity contribution in [2.24, 2.45) is 5.73 Å². The number of carbonyl (C=O) groups excluding carboxylic acids is 1. The van der Waals surface area contributed by atoms with Gasteiger partial charge in [0.05, 0.1) is 12.1 Å². The number of thiazole rings is 1. The van der Waals surface area contributed by atoms with Gasteiger partial charge < -0.3 is 11.1 Å². The molecule has 0 aromatic carbocycles. The molecule has 150 valence electrons. The summed E-state index contributed by atoms with van der Waals surface area (Å²) in [6.45, 7) is 0.301. The highest BCUT2D eigenvalue weighted by molar-refractivity contribution is 7.15. The van der Waals surface area contributed by atoms with Crippen molar-refractivity contribution in [3.05, 3.63) is 53.0 Å². The largest absolute Gasteiger partial charge is 0.369 e. The maximum absolute atomic E-state index is 14.2. The average molecular weight is 416 g/mol. The maximum Gasteiger partial charge on any atom is 0.222 e. The molecule has 0 aliphatic heterocycles. The van der Waals surface area contributed by atoms with Crippen LogP contribution in [0.25, 0.3) is 10.7 Å². The second-order valence-corrected chi connectivity index (χ2v) is 8.17. The van der Waals surface area contributed by atoms with Crippen LogP contribution >= 0.6 is 11.3 Å². The van der Waals surface area contributed by atoms with Crippen molar-refractivity contribution >= 4 is 23.1 Å². The van der Waals surface area contributed by atoms with Crippen LogP contribution in [0, 0.1) is 5.82 Å². The minimum absolute atomic E-state index is 0.131. The molecule has 0 unspecified atom stereocenters. The molecule has 3 aromatic heterocycles. The van der Waals surface area contributed by atoms with Crippen LogP contribution < -0.4 is 11.1 Å². The molecule has 1 saturated carbocycles. The molecule has 10 heteroatoms. The van der Waals surface area contributed by atoms with Crippen molar-refractivity contribution in [2.45, 2.75) is 30.8 Å². The van der Waals surface area contributed by atoms with E-state index in [2.05, 4.69) is 25.5 Å². The minimum atomic E-state index is -0.967. The number of carbonyl (C=O) groups is 1. The van der Waals surface area contributed by atoms with Gasteiger partial charge in [0.2, 0.25) is 5.91 Å². The van der Waals surface area contributed by atoms with E-state index in [1.54, 1.807) is 18.3 Å². The smallest absolute Gasteiger partial charge is 0.222 e. The number of primary amides is 1. The van der Waals surface area contributed by atoms with E-state index in [-0.39, 0.29) is 25.0 Å². The normalized spacial score (nSPS) is 20.8. The summed E-state index contributed by atoms with van der Waals surface area (Å²) in [4.78, 5) is 20.1. The number of hydrogen-bond acceptors (Lipinski definition) is 7. The number of halogens is 2. The minimum Gasteiger partial charge on any atom is -0.369 e. The van der Waals surface area contributed by atoms with E-state index in [0.717, 1.165) is 4.88 Å². The van der Waals surface area contributed by atoms with Gasteiger partial charge in [-0.1, -0.05) is 0 Å². The number of alkyl halides is 1. The summed E-state index contributed by atoms with van der Waals surface area (Å²) in [6, 6.07) is 6.33. The number of nitrogens with one attached hydrogen (secondary N) is 1. The Morgan fingerprint density at radius 3 is 2.76 bits per heavy atom. The highest BCUT2D eigenvalue weighted by Crippen LogP contribution is 2.45. The van der Waals surface area contributed by atoms with Gasteiger partial charge in [-0.2, -0.15) is 0 Å². The van der Waals surface area contributed by atoms with Gasteiger partial charge in [0.25, 0.3) is 0 Å². The topological polar surface area (TPSA) is 107 Å². The second kappa shape index (κ2) is 7.78. The molecule has 0 spiro atoms. The van der Waals surface area contributed by atoms with E-state index in [9.17, 15) is 13.6 Å². The molecule has 0 saturated heterocycles. The number of aromatic nitrogens is 4. The van der Waals surface area contributed by atoms with Crippen molar-refractivity contribution in [1.82, 2.24) is 20.2 Å². The van der Waals surface area contributed by atoms with Crippen LogP contribution in [-0.2, 0) is 16.6 Å². The van der Waals surface area contributed by atoms with Crippen molar-refractivity contribution in [2.75, 3.05) is 11.9 Å². The average Bonchev–Trinajstić information content (AvgIpc) is 3.13. The Labute approximate surface area is 169 Å². The predicted molar refractivity (Wildman–Crippen MR) is 105 cm³/mol. The Balaban J connectivity index is 1.45. The fraction of sp³-hybridized carbons (Fsp3) is 0.316. The number of nitrogens with zero attached hydrogens (tertiary/aromatic N) is 4. The van der Waals surface area contributed by atoms with Gasteiger partial charge in [0.15, 0.2) is 0 Å². The number of amides is 1. The number of pyridine rings is 1. The third kappa shape index (κ3) is 4.07. The molecule has 1 amide bonds. The third-order valence-electron chi connectivity index (χ3n) is 4.88. The zero-order chi connectivity index (χ0) is 20.4. The quantitative estimate of drug-likeness (QED) is 0.613. The fourth-order valence-corrected chi connectivity index (χ4v) is 4.35. The van der Waals surface area contributed by atoms with Crippen LogP contribution in [0.2, 0.25) is 0 Å². The maximum atomic E-state index is 14.2. The summed E-state index contributed by atoms with van der Waals surface area (Å²) in [7, 11) is 0. The van der Waals surface area contributed by atoms with Crippen molar-refractivity contribution in [3.63, 3.8) is 0 Å². The van der Waals surface area contributed by atoms with Crippen molar-refractivity contribution in [3.8, 4) is 10.7 Å². The lowest BCUT2D eigenvalue weighted by atomic mass is 9.65. The Hall–Kier alpha value is -3.01. The molecule has 0 atom stereocenters. The monoisotopic (exact) mass is 416 g/mol. The zero-order valence-corrected chi connectivity index (χ0v) is 16.1. The standard InChI is InChI=1S/C19H18F2N6OS/c20-11-7-19(8-11,17-13(21)2-1-5-23-17)10-25-16-4-3-14(26-27-16)18-24-9-12(29-18)6-15(22)28/h1-5,9,11H,6-8,10H2,(H2,22,28)(H,25,27). The van der Waals surface area contributed by atoms with Crippen LogP contribution in [0.3, 0.4) is 0 Å². The molecule has 7 nitrogen and oxygen atoms in total. The molecule has 3 N–H and O–H groups in total. The van der Waals surface area contributed by atoms with Crippen LogP contribution in [-0.4, -0.2) is 38.8 Å². The summed E-state index contributed by atoms with van der Waals surface area (Å²) >= 11 is 1.32. The second-order valence-electron chi connectivity index (χ2n) is 7.05. The molecule has 1 fully saturated rings. The van der Waals surface area contributed by atoms with Crippen molar-refractivity contribution in [1.29, 1.82) is 0 Å². The first-order valence-electron chi connectivity index (χ1n) is 9.01. The van der Waals surface area contributed by atoms with Crippen molar-refractivity contribution < 1.29 is 13.6 Å². The summed E-state index contributed by atoms with van der Waals surface area (Å²) in [5.41, 5.74) is 5.32. The Kier molecular flexibility index (Phi) is 5.18. The zero-order valence-electron chi connectivity index (χ0n) is 15.3. The van der Waals surface area contributed by atoms with Crippen LogP contribution in [0.15, 0.2) is 36.7 Å². The third-order valence-corrected chi connectivity index (χ3v) is 5.90. The molecule has 29 heavy (non-hydrogen) atoms. The van der Waals surface area contributed by atoms with E-state index in [0.29, 0.717) is 23.1 Å². The SMILES string of the molecule is NC(=O)Cc1cnc(-c2ccc(NCC3(c4ncccc4F)CC(F)C3)nn2)s1. The molecule has 1 aliphatic carbocycles. The molecular weight excluding hydrogens is 398 g/mol. The van der Waals surface area contributed by atoms with Gasteiger partial charge in [-0.15, -0.1) is 21.5 Å². The molecule has 3 heterocycles. The van der Waals surface area contributed by atoms with Gasteiger partial charge in [0.1, 0.15) is 28.5 Å². The van der Waals surface area contributed by atoms with E-state index in [4.69, 9.17) is 5.73 Å². The Morgan fingerprint density at radius 1 is 1.28 bits per heavy atom. The number of hydrogen-bond donors (Lipinski definition) is 2. The molecule has 0 bridgehead atoms. The van der Waals surface area contributed by atoms with Crippen LogP contribution in [0.1, 0.15) is 23.4 Å². The van der Waals surface area contributed by atoms with E-state index in [1.807, 2.05) is 0 Å². The highest BCUT2D eigenvalue weighted by Gasteiger charge is 2.48. The first-order valence-corrected chi connectivity index (χ1v) is 9.83. The van der Waals surface area contributed by atoms with E-state index in [1.165, 1.54) is 29.7 Å². The summed E-state index contributed by atoms with van der Waals surface area (Å²) in [6.07, 6.45) is 2.69. The van der Waals surface area contributed by atoms with Crippen LogP contribution in [0.4, 0.5) is 14.6 Å². The fourth-order valence-electron chi connectivity index (χ4n) is 3.47. The highest BCUT2D eigenvalue weighted by atomic mass is 32.1. The lowest BCUT2D eigenvalue weighted by Gasteiger charge is -2.43. The first kappa shape index (κ1) is 19.3. The summed E-state index contributed by atoms with van der Waals surface area (Å²) in [5.74, 6) is -0.366. The first-order chi connectivity index (χ1) is 13.9. The van der Waals surface area contributed by atoms with Gasteiger partial charge in [0, 0.05) is 29.2 Å². The van der Waals surface area contributed by atoms with Crippen LogP contribution in [0.5, 0.6) is 0 Å². The Morgan fingerprint density at radius 2 is 2.10 bits per heavy atom. The molecule has 0 radical (unpaired) electrons. The number of anilines is 1. The molecule has 3 aromatic rings. The predicted octanol–water partition coefficient (Wildman–Crippen LogP) is 2.64.